The summed E-state index contributed by atoms with van der Waals surface area (Å²) in [5.74, 6) is -0.00248. The standard InChI is InChI=1S/C21H26N2O4S/c1-15(2)16-6-3-8-18(12-16)23-21(24)17-7-4-10-20(13-17)28(25,26)22-14-19-9-5-11-27-19/h3-4,6-8,10,12-13,15,19,22H,5,9,11,14H2,1-2H3,(H,23,24). The lowest BCUT2D eigenvalue weighted by Gasteiger charge is -2.12. The SMILES string of the molecule is CC(C)c1cccc(NC(=O)c2cccc(S(=O)(=O)NCC3CCCO3)c2)c1. The molecular weight excluding hydrogens is 376 g/mol. The first kappa shape index (κ1) is 20.5. The highest BCUT2D eigenvalue weighted by Crippen LogP contribution is 2.20. The van der Waals surface area contributed by atoms with Crippen LogP contribution in [-0.4, -0.2) is 33.6 Å². The third-order valence-electron chi connectivity index (χ3n) is 4.74. The number of ether oxygens (including phenoxy) is 1. The second-order valence-electron chi connectivity index (χ2n) is 7.25. The van der Waals surface area contributed by atoms with E-state index in [9.17, 15) is 13.2 Å². The molecule has 0 saturated carbocycles. The van der Waals surface area contributed by atoms with E-state index in [4.69, 9.17) is 4.74 Å². The van der Waals surface area contributed by atoms with Crippen LogP contribution in [0.4, 0.5) is 5.69 Å². The number of nitrogens with one attached hydrogen (secondary N) is 2. The molecule has 28 heavy (non-hydrogen) atoms. The summed E-state index contributed by atoms with van der Waals surface area (Å²) in [6.07, 6.45) is 1.70. The second kappa shape index (κ2) is 8.86. The number of hydrogen-bond donors (Lipinski definition) is 2. The van der Waals surface area contributed by atoms with Gasteiger partial charge in [0.15, 0.2) is 0 Å². The van der Waals surface area contributed by atoms with Crippen LogP contribution in [0, 0.1) is 0 Å². The first-order chi connectivity index (χ1) is 13.3. The third-order valence-corrected chi connectivity index (χ3v) is 6.16. The van der Waals surface area contributed by atoms with Gasteiger partial charge >= 0.3 is 0 Å². The van der Waals surface area contributed by atoms with Crippen LogP contribution in [0.5, 0.6) is 0 Å². The summed E-state index contributed by atoms with van der Waals surface area (Å²) in [5, 5.41) is 2.83. The van der Waals surface area contributed by atoms with Gasteiger partial charge in [-0.25, -0.2) is 13.1 Å². The molecule has 150 valence electrons. The average molecular weight is 403 g/mol. The first-order valence-corrected chi connectivity index (χ1v) is 11.0. The van der Waals surface area contributed by atoms with Crippen molar-refractivity contribution >= 4 is 21.6 Å². The molecule has 1 aliphatic rings. The topological polar surface area (TPSA) is 84.5 Å². The van der Waals surface area contributed by atoms with Crippen molar-refractivity contribution in [2.24, 2.45) is 0 Å². The van der Waals surface area contributed by atoms with Gasteiger partial charge in [0.1, 0.15) is 0 Å². The summed E-state index contributed by atoms with van der Waals surface area (Å²) < 4.78 is 33.1. The van der Waals surface area contributed by atoms with Crippen LogP contribution in [0.1, 0.15) is 48.5 Å². The van der Waals surface area contributed by atoms with Crippen molar-refractivity contribution in [3.63, 3.8) is 0 Å². The van der Waals surface area contributed by atoms with E-state index in [2.05, 4.69) is 23.9 Å². The molecule has 6 nitrogen and oxygen atoms in total. The van der Waals surface area contributed by atoms with Gasteiger partial charge < -0.3 is 10.1 Å². The number of hydrogen-bond acceptors (Lipinski definition) is 4. The molecular formula is C21H26N2O4S. The number of anilines is 1. The fourth-order valence-electron chi connectivity index (χ4n) is 3.07. The van der Waals surface area contributed by atoms with E-state index >= 15 is 0 Å². The molecule has 2 aromatic carbocycles. The Bertz CT molecular complexity index is 935. The Hall–Kier alpha value is -2.22. The Morgan fingerprint density at radius 1 is 1.18 bits per heavy atom. The summed E-state index contributed by atoms with van der Waals surface area (Å²) in [6, 6.07) is 13.7. The van der Waals surface area contributed by atoms with E-state index in [0.29, 0.717) is 18.2 Å². The molecule has 0 spiro atoms. The Kier molecular flexibility index (Phi) is 6.49. The van der Waals surface area contributed by atoms with Crippen LogP contribution in [-0.2, 0) is 14.8 Å². The minimum Gasteiger partial charge on any atom is -0.377 e. The van der Waals surface area contributed by atoms with Crippen molar-refractivity contribution < 1.29 is 17.9 Å². The van der Waals surface area contributed by atoms with E-state index in [1.54, 1.807) is 12.1 Å². The Morgan fingerprint density at radius 3 is 2.68 bits per heavy atom. The summed E-state index contributed by atoms with van der Waals surface area (Å²) >= 11 is 0. The van der Waals surface area contributed by atoms with Crippen molar-refractivity contribution in [2.45, 2.75) is 43.6 Å². The second-order valence-corrected chi connectivity index (χ2v) is 9.02. The molecule has 0 bridgehead atoms. The first-order valence-electron chi connectivity index (χ1n) is 9.48. The lowest BCUT2D eigenvalue weighted by molar-refractivity contribution is 0.102. The van der Waals surface area contributed by atoms with Gasteiger partial charge in [-0.3, -0.25) is 4.79 Å². The molecule has 1 atom stereocenters. The zero-order chi connectivity index (χ0) is 20.1. The molecule has 0 radical (unpaired) electrons. The maximum Gasteiger partial charge on any atom is 0.255 e. The largest absolute Gasteiger partial charge is 0.377 e. The van der Waals surface area contributed by atoms with Gasteiger partial charge in [0.2, 0.25) is 10.0 Å². The summed E-state index contributed by atoms with van der Waals surface area (Å²) in [4.78, 5) is 12.7. The van der Waals surface area contributed by atoms with Crippen molar-refractivity contribution in [1.82, 2.24) is 4.72 Å². The molecule has 0 aliphatic carbocycles. The monoisotopic (exact) mass is 402 g/mol. The van der Waals surface area contributed by atoms with Crippen LogP contribution in [0.15, 0.2) is 53.4 Å². The lowest BCUT2D eigenvalue weighted by atomic mass is 10.0. The number of sulfonamides is 1. The van der Waals surface area contributed by atoms with Gasteiger partial charge in [-0.05, 0) is 54.7 Å². The van der Waals surface area contributed by atoms with E-state index in [0.717, 1.165) is 18.4 Å². The van der Waals surface area contributed by atoms with E-state index in [-0.39, 0.29) is 29.0 Å². The minimum absolute atomic E-state index is 0.0640. The maximum absolute atomic E-state index is 12.6. The fourth-order valence-corrected chi connectivity index (χ4v) is 4.19. The van der Waals surface area contributed by atoms with Gasteiger partial charge in [-0.15, -0.1) is 0 Å². The number of carbonyl (C=O) groups is 1. The number of benzene rings is 2. The van der Waals surface area contributed by atoms with Gasteiger partial charge in [-0.2, -0.15) is 0 Å². The highest BCUT2D eigenvalue weighted by atomic mass is 32.2. The van der Waals surface area contributed by atoms with Crippen molar-refractivity contribution in [2.75, 3.05) is 18.5 Å². The third kappa shape index (κ3) is 5.19. The number of carbonyl (C=O) groups excluding carboxylic acids is 1. The minimum atomic E-state index is -3.70. The molecule has 3 rings (SSSR count). The molecule has 1 aliphatic heterocycles. The van der Waals surface area contributed by atoms with E-state index in [1.807, 2.05) is 24.3 Å². The highest BCUT2D eigenvalue weighted by molar-refractivity contribution is 7.89. The molecule has 0 aromatic heterocycles. The fraction of sp³-hybridized carbons (Fsp3) is 0.381. The molecule has 2 N–H and O–H groups in total. The van der Waals surface area contributed by atoms with Gasteiger partial charge in [0.25, 0.3) is 5.91 Å². The average Bonchev–Trinajstić information content (AvgIpc) is 3.20. The van der Waals surface area contributed by atoms with Gasteiger partial charge in [-0.1, -0.05) is 32.0 Å². The molecule has 1 unspecified atom stereocenters. The number of amides is 1. The van der Waals surface area contributed by atoms with Gasteiger partial charge in [0, 0.05) is 24.4 Å². The quantitative estimate of drug-likeness (QED) is 0.742. The zero-order valence-electron chi connectivity index (χ0n) is 16.1. The molecule has 1 saturated heterocycles. The van der Waals surface area contributed by atoms with Crippen LogP contribution in [0.2, 0.25) is 0 Å². The van der Waals surface area contributed by atoms with E-state index in [1.165, 1.54) is 12.1 Å². The molecule has 7 heteroatoms. The van der Waals surface area contributed by atoms with Crippen molar-refractivity contribution in [1.29, 1.82) is 0 Å². The normalized spacial score (nSPS) is 17.0. The summed E-state index contributed by atoms with van der Waals surface area (Å²) in [7, 11) is -3.70. The molecule has 1 heterocycles. The van der Waals surface area contributed by atoms with Crippen LogP contribution in [0.3, 0.4) is 0 Å². The molecule has 1 amide bonds. The summed E-state index contributed by atoms with van der Waals surface area (Å²) in [5.41, 5.74) is 2.09. The maximum atomic E-state index is 12.6. The summed E-state index contributed by atoms with van der Waals surface area (Å²) in [6.45, 7) is 5.07. The Morgan fingerprint density at radius 2 is 1.96 bits per heavy atom. The predicted molar refractivity (Wildman–Crippen MR) is 109 cm³/mol. The lowest BCUT2D eigenvalue weighted by Crippen LogP contribution is -2.32. The predicted octanol–water partition coefficient (Wildman–Crippen LogP) is 3.52. The highest BCUT2D eigenvalue weighted by Gasteiger charge is 2.21. The van der Waals surface area contributed by atoms with Crippen LogP contribution in [0.25, 0.3) is 0 Å². The molecule has 2 aromatic rings. The van der Waals surface area contributed by atoms with Crippen LogP contribution < -0.4 is 10.0 Å². The zero-order valence-corrected chi connectivity index (χ0v) is 17.0. The van der Waals surface area contributed by atoms with Gasteiger partial charge in [0.05, 0.1) is 11.0 Å². The van der Waals surface area contributed by atoms with Crippen molar-refractivity contribution in [3.8, 4) is 0 Å². The van der Waals surface area contributed by atoms with E-state index < -0.39 is 10.0 Å². The molecule has 1 fully saturated rings. The van der Waals surface area contributed by atoms with Crippen LogP contribution >= 0.6 is 0 Å². The smallest absolute Gasteiger partial charge is 0.255 e. The Balaban J connectivity index is 1.71. The number of rotatable bonds is 7. The van der Waals surface area contributed by atoms with Crippen molar-refractivity contribution in [3.05, 3.63) is 59.7 Å². The Labute approximate surface area is 166 Å².